The number of alkyl halides is 3. The Hall–Kier alpha value is -1.49. The van der Waals surface area contributed by atoms with Gasteiger partial charge in [0.1, 0.15) is 0 Å². The Morgan fingerprint density at radius 2 is 2.00 bits per heavy atom. The van der Waals surface area contributed by atoms with Gasteiger partial charge in [-0.25, -0.2) is 0 Å². The van der Waals surface area contributed by atoms with Gasteiger partial charge in [0, 0.05) is 23.1 Å². The van der Waals surface area contributed by atoms with Crippen molar-refractivity contribution in [2.45, 2.75) is 12.7 Å². The van der Waals surface area contributed by atoms with Gasteiger partial charge >= 0.3 is 6.18 Å². The van der Waals surface area contributed by atoms with Crippen molar-refractivity contribution >= 4 is 10.9 Å². The van der Waals surface area contributed by atoms with E-state index in [9.17, 15) is 13.2 Å². The van der Waals surface area contributed by atoms with E-state index < -0.39 is 11.7 Å². The molecule has 15 heavy (non-hydrogen) atoms. The lowest BCUT2D eigenvalue weighted by Gasteiger charge is -2.06. The van der Waals surface area contributed by atoms with Gasteiger partial charge in [-0.1, -0.05) is 6.07 Å². The number of benzene rings is 1. The van der Waals surface area contributed by atoms with Crippen LogP contribution < -0.4 is 5.73 Å². The standard InChI is InChI=1S/C10H9F3N2/c11-10(12,13)8-2-1-3-9-7(8)4-6(5-14)15-9/h1-4,15H,5,14H2. The first-order valence-electron chi connectivity index (χ1n) is 4.40. The minimum Gasteiger partial charge on any atom is -0.357 e. The van der Waals surface area contributed by atoms with Crippen LogP contribution in [-0.2, 0) is 12.7 Å². The van der Waals surface area contributed by atoms with Crippen molar-refractivity contribution in [2.75, 3.05) is 0 Å². The average Bonchev–Trinajstić information content (AvgIpc) is 2.57. The van der Waals surface area contributed by atoms with Crippen LogP contribution in [0.1, 0.15) is 11.3 Å². The summed E-state index contributed by atoms with van der Waals surface area (Å²) in [6, 6.07) is 5.49. The van der Waals surface area contributed by atoms with E-state index in [1.807, 2.05) is 0 Å². The summed E-state index contributed by atoms with van der Waals surface area (Å²) in [5, 5.41) is 0.172. The molecule has 1 heterocycles. The van der Waals surface area contributed by atoms with Crippen LogP contribution >= 0.6 is 0 Å². The number of hydrogen-bond acceptors (Lipinski definition) is 1. The van der Waals surface area contributed by atoms with Crippen molar-refractivity contribution in [1.82, 2.24) is 4.98 Å². The SMILES string of the molecule is NCc1cc2c(C(F)(F)F)cccc2[nH]1. The summed E-state index contributed by atoms with van der Waals surface area (Å²) >= 11 is 0. The van der Waals surface area contributed by atoms with E-state index in [0.29, 0.717) is 11.2 Å². The summed E-state index contributed by atoms with van der Waals surface area (Å²) in [5.74, 6) is 0. The predicted molar refractivity (Wildman–Crippen MR) is 51.2 cm³/mol. The summed E-state index contributed by atoms with van der Waals surface area (Å²) in [6.07, 6.45) is -4.33. The van der Waals surface area contributed by atoms with Gasteiger partial charge in [-0.15, -0.1) is 0 Å². The van der Waals surface area contributed by atoms with E-state index in [0.717, 1.165) is 6.07 Å². The maximum Gasteiger partial charge on any atom is 0.417 e. The van der Waals surface area contributed by atoms with E-state index in [4.69, 9.17) is 5.73 Å². The lowest BCUT2D eigenvalue weighted by molar-refractivity contribution is -0.136. The van der Waals surface area contributed by atoms with Crippen LogP contribution in [0.4, 0.5) is 13.2 Å². The summed E-state index contributed by atoms with van der Waals surface area (Å²) in [6.45, 7) is 0.200. The highest BCUT2D eigenvalue weighted by Crippen LogP contribution is 2.34. The molecule has 0 aliphatic rings. The van der Waals surface area contributed by atoms with Gasteiger partial charge in [0.25, 0.3) is 0 Å². The fraction of sp³-hybridized carbons (Fsp3) is 0.200. The maximum absolute atomic E-state index is 12.6. The molecular formula is C10H9F3N2. The highest BCUT2D eigenvalue weighted by Gasteiger charge is 2.32. The van der Waals surface area contributed by atoms with Crippen molar-refractivity contribution in [3.63, 3.8) is 0 Å². The van der Waals surface area contributed by atoms with Crippen molar-refractivity contribution in [1.29, 1.82) is 0 Å². The second-order valence-electron chi connectivity index (χ2n) is 3.26. The second-order valence-corrected chi connectivity index (χ2v) is 3.26. The Labute approximate surface area is 83.9 Å². The van der Waals surface area contributed by atoms with E-state index in [-0.39, 0.29) is 11.9 Å². The molecule has 1 aromatic heterocycles. The molecule has 0 saturated heterocycles. The number of H-pyrrole nitrogens is 1. The molecule has 0 spiro atoms. The lowest BCUT2D eigenvalue weighted by atomic mass is 10.1. The fourth-order valence-electron chi connectivity index (χ4n) is 1.57. The molecule has 0 fully saturated rings. The van der Waals surface area contributed by atoms with Crippen LogP contribution in [0.5, 0.6) is 0 Å². The minimum atomic E-state index is -4.33. The van der Waals surface area contributed by atoms with Crippen LogP contribution in [-0.4, -0.2) is 4.98 Å². The molecule has 0 atom stereocenters. The van der Waals surface area contributed by atoms with Crippen LogP contribution in [0.2, 0.25) is 0 Å². The zero-order chi connectivity index (χ0) is 11.1. The first-order valence-corrected chi connectivity index (χ1v) is 4.40. The van der Waals surface area contributed by atoms with Crippen molar-refractivity contribution in [2.24, 2.45) is 5.73 Å². The number of fused-ring (bicyclic) bond motifs is 1. The van der Waals surface area contributed by atoms with Crippen LogP contribution in [0.25, 0.3) is 10.9 Å². The molecule has 0 amide bonds. The molecular weight excluding hydrogens is 205 g/mol. The highest BCUT2D eigenvalue weighted by atomic mass is 19.4. The molecule has 5 heteroatoms. The van der Waals surface area contributed by atoms with Crippen molar-refractivity contribution in [3.05, 3.63) is 35.5 Å². The van der Waals surface area contributed by atoms with Gasteiger partial charge in [-0.3, -0.25) is 0 Å². The minimum absolute atomic E-state index is 0.172. The summed E-state index contributed by atoms with van der Waals surface area (Å²) < 4.78 is 37.8. The summed E-state index contributed by atoms with van der Waals surface area (Å²) in [5.41, 5.74) is 5.79. The Morgan fingerprint density at radius 1 is 1.27 bits per heavy atom. The molecule has 0 saturated carbocycles. The van der Waals surface area contributed by atoms with E-state index in [1.54, 1.807) is 6.07 Å². The smallest absolute Gasteiger partial charge is 0.357 e. The number of nitrogens with two attached hydrogens (primary N) is 1. The molecule has 0 unspecified atom stereocenters. The van der Waals surface area contributed by atoms with Crippen LogP contribution in [0.15, 0.2) is 24.3 Å². The molecule has 0 aliphatic heterocycles. The molecule has 2 aromatic rings. The predicted octanol–water partition coefficient (Wildman–Crippen LogP) is 2.65. The number of hydrogen-bond donors (Lipinski definition) is 2. The summed E-state index contributed by atoms with van der Waals surface area (Å²) in [4.78, 5) is 2.83. The zero-order valence-electron chi connectivity index (χ0n) is 7.73. The molecule has 0 bridgehead atoms. The maximum atomic E-state index is 12.6. The molecule has 80 valence electrons. The number of halogens is 3. The van der Waals surface area contributed by atoms with Crippen molar-refractivity contribution < 1.29 is 13.2 Å². The third-order valence-electron chi connectivity index (χ3n) is 2.25. The van der Waals surface area contributed by atoms with Gasteiger partial charge in [0.05, 0.1) is 5.56 Å². The Balaban J connectivity index is 2.70. The number of aromatic nitrogens is 1. The Bertz CT molecular complexity index is 485. The third-order valence-corrected chi connectivity index (χ3v) is 2.25. The Kier molecular flexibility index (Phi) is 2.19. The van der Waals surface area contributed by atoms with E-state index in [1.165, 1.54) is 12.1 Å². The van der Waals surface area contributed by atoms with Gasteiger partial charge in [-0.05, 0) is 18.2 Å². The first kappa shape index (κ1) is 10.0. The first-order chi connectivity index (χ1) is 7.02. The Morgan fingerprint density at radius 3 is 2.60 bits per heavy atom. The normalized spacial score (nSPS) is 12.3. The molecule has 3 N–H and O–H groups in total. The number of rotatable bonds is 1. The van der Waals surface area contributed by atoms with Gasteiger partial charge in [-0.2, -0.15) is 13.2 Å². The van der Waals surface area contributed by atoms with E-state index in [2.05, 4.69) is 4.98 Å². The molecule has 1 aromatic carbocycles. The van der Waals surface area contributed by atoms with Gasteiger partial charge in [0.2, 0.25) is 0 Å². The third kappa shape index (κ3) is 1.70. The largest absolute Gasteiger partial charge is 0.417 e. The van der Waals surface area contributed by atoms with Crippen LogP contribution in [0, 0.1) is 0 Å². The van der Waals surface area contributed by atoms with Gasteiger partial charge in [0.15, 0.2) is 0 Å². The molecule has 0 radical (unpaired) electrons. The second kappa shape index (κ2) is 3.27. The molecule has 0 aliphatic carbocycles. The molecule has 2 nitrogen and oxygen atoms in total. The number of nitrogens with one attached hydrogen (secondary N) is 1. The highest BCUT2D eigenvalue weighted by molar-refractivity contribution is 5.84. The fourth-order valence-corrected chi connectivity index (χ4v) is 1.57. The van der Waals surface area contributed by atoms with E-state index >= 15 is 0 Å². The monoisotopic (exact) mass is 214 g/mol. The number of aromatic amines is 1. The quantitative estimate of drug-likeness (QED) is 0.752. The molecule has 2 rings (SSSR count). The van der Waals surface area contributed by atoms with Crippen LogP contribution in [0.3, 0.4) is 0 Å². The average molecular weight is 214 g/mol. The zero-order valence-corrected chi connectivity index (χ0v) is 7.73. The topological polar surface area (TPSA) is 41.8 Å². The van der Waals surface area contributed by atoms with Gasteiger partial charge < -0.3 is 10.7 Å². The summed E-state index contributed by atoms with van der Waals surface area (Å²) in [7, 11) is 0. The van der Waals surface area contributed by atoms with Crippen molar-refractivity contribution in [3.8, 4) is 0 Å². The lowest BCUT2D eigenvalue weighted by Crippen LogP contribution is -2.04.